The summed E-state index contributed by atoms with van der Waals surface area (Å²) in [6.07, 6.45) is 5.80. The number of rotatable bonds is 3. The quantitative estimate of drug-likeness (QED) is 0.657. The Kier molecular flexibility index (Phi) is 3.51. The summed E-state index contributed by atoms with van der Waals surface area (Å²) in [7, 11) is 0. The van der Waals surface area contributed by atoms with Crippen molar-refractivity contribution >= 4 is 0 Å². The summed E-state index contributed by atoms with van der Waals surface area (Å²) in [5.41, 5.74) is 0.738. The van der Waals surface area contributed by atoms with E-state index >= 15 is 0 Å². The molecule has 0 aromatic carbocycles. The number of hydrogen-bond donors (Lipinski definition) is 2. The Balaban J connectivity index is 2.53. The predicted molar refractivity (Wildman–Crippen MR) is 53.4 cm³/mol. The van der Waals surface area contributed by atoms with Crippen LogP contribution in [0.2, 0.25) is 0 Å². The molecule has 1 aliphatic rings. The zero-order valence-corrected chi connectivity index (χ0v) is 8.58. The van der Waals surface area contributed by atoms with E-state index < -0.39 is 5.60 Å². The average molecular weight is 184 g/mol. The van der Waals surface area contributed by atoms with Crippen LogP contribution in [0.1, 0.15) is 39.5 Å². The SMILES string of the molecule is CC1=CCC(C(C)(O)CCO)CC1. The van der Waals surface area contributed by atoms with Crippen LogP contribution < -0.4 is 0 Å². The molecule has 2 nitrogen and oxygen atoms in total. The molecule has 0 aliphatic heterocycles. The molecule has 0 fully saturated rings. The molecule has 2 atom stereocenters. The van der Waals surface area contributed by atoms with Gasteiger partial charge in [0.15, 0.2) is 0 Å². The first-order valence-electron chi connectivity index (χ1n) is 5.05. The van der Waals surface area contributed by atoms with Crippen molar-refractivity contribution in [1.82, 2.24) is 0 Å². The Morgan fingerprint density at radius 1 is 1.62 bits per heavy atom. The van der Waals surface area contributed by atoms with Gasteiger partial charge in [0.1, 0.15) is 0 Å². The van der Waals surface area contributed by atoms with Crippen molar-refractivity contribution in [3.63, 3.8) is 0 Å². The van der Waals surface area contributed by atoms with Gasteiger partial charge in [0, 0.05) is 6.61 Å². The molecule has 0 radical (unpaired) electrons. The lowest BCUT2D eigenvalue weighted by molar-refractivity contribution is -0.0246. The highest BCUT2D eigenvalue weighted by Gasteiger charge is 2.31. The zero-order chi connectivity index (χ0) is 9.90. The molecule has 2 heteroatoms. The van der Waals surface area contributed by atoms with Crippen LogP contribution in [0.15, 0.2) is 11.6 Å². The Labute approximate surface area is 80.3 Å². The molecule has 0 spiro atoms. The zero-order valence-electron chi connectivity index (χ0n) is 8.58. The Morgan fingerprint density at radius 3 is 2.77 bits per heavy atom. The van der Waals surface area contributed by atoms with Crippen LogP contribution in [0.5, 0.6) is 0 Å². The van der Waals surface area contributed by atoms with Gasteiger partial charge in [-0.15, -0.1) is 0 Å². The van der Waals surface area contributed by atoms with Gasteiger partial charge in [-0.2, -0.15) is 0 Å². The van der Waals surface area contributed by atoms with Crippen LogP contribution in [0.25, 0.3) is 0 Å². The van der Waals surface area contributed by atoms with E-state index in [1.54, 1.807) is 0 Å². The molecule has 0 aromatic rings. The van der Waals surface area contributed by atoms with Gasteiger partial charge in [-0.3, -0.25) is 0 Å². The maximum absolute atomic E-state index is 10.0. The minimum Gasteiger partial charge on any atom is -0.396 e. The van der Waals surface area contributed by atoms with Gasteiger partial charge >= 0.3 is 0 Å². The fourth-order valence-electron chi connectivity index (χ4n) is 1.96. The molecule has 76 valence electrons. The standard InChI is InChI=1S/C11H20O2/c1-9-3-5-10(6-4-9)11(2,13)7-8-12/h3,10,12-13H,4-8H2,1-2H3. The molecule has 0 saturated heterocycles. The van der Waals surface area contributed by atoms with Crippen molar-refractivity contribution in [3.8, 4) is 0 Å². The topological polar surface area (TPSA) is 40.5 Å². The summed E-state index contributed by atoms with van der Waals surface area (Å²) in [4.78, 5) is 0. The molecule has 2 N–H and O–H groups in total. The summed E-state index contributed by atoms with van der Waals surface area (Å²) < 4.78 is 0. The van der Waals surface area contributed by atoms with Gasteiger partial charge in [0.25, 0.3) is 0 Å². The highest BCUT2D eigenvalue weighted by Crippen LogP contribution is 2.33. The molecule has 1 rings (SSSR count). The molecule has 0 aromatic heterocycles. The largest absolute Gasteiger partial charge is 0.396 e. The van der Waals surface area contributed by atoms with E-state index in [-0.39, 0.29) is 6.61 Å². The van der Waals surface area contributed by atoms with Gasteiger partial charge < -0.3 is 10.2 Å². The van der Waals surface area contributed by atoms with Gasteiger partial charge in [0.2, 0.25) is 0 Å². The molecule has 0 heterocycles. The van der Waals surface area contributed by atoms with Crippen molar-refractivity contribution in [2.24, 2.45) is 5.92 Å². The third-order valence-electron chi connectivity index (χ3n) is 3.14. The predicted octanol–water partition coefficient (Wildman–Crippen LogP) is 1.87. The second kappa shape index (κ2) is 4.25. The van der Waals surface area contributed by atoms with Crippen molar-refractivity contribution < 1.29 is 10.2 Å². The maximum atomic E-state index is 10.0. The number of allylic oxidation sites excluding steroid dienone is 2. The molecule has 13 heavy (non-hydrogen) atoms. The third-order valence-corrected chi connectivity index (χ3v) is 3.14. The van der Waals surface area contributed by atoms with Crippen LogP contribution in [0, 0.1) is 5.92 Å². The molecule has 1 aliphatic carbocycles. The van der Waals surface area contributed by atoms with E-state index in [9.17, 15) is 5.11 Å². The first kappa shape index (κ1) is 10.7. The molecule has 0 amide bonds. The Morgan fingerprint density at radius 2 is 2.31 bits per heavy atom. The van der Waals surface area contributed by atoms with Crippen LogP contribution >= 0.6 is 0 Å². The van der Waals surface area contributed by atoms with Crippen LogP contribution in [-0.4, -0.2) is 22.4 Å². The lowest BCUT2D eigenvalue weighted by Crippen LogP contribution is -2.36. The number of hydrogen-bond acceptors (Lipinski definition) is 2. The fraction of sp³-hybridized carbons (Fsp3) is 0.818. The average Bonchev–Trinajstić information content (AvgIpc) is 2.05. The van der Waals surface area contributed by atoms with Gasteiger partial charge in [-0.1, -0.05) is 11.6 Å². The first-order chi connectivity index (χ1) is 6.06. The first-order valence-corrected chi connectivity index (χ1v) is 5.05. The van der Waals surface area contributed by atoms with Crippen molar-refractivity contribution in [2.45, 2.75) is 45.1 Å². The third kappa shape index (κ3) is 2.82. The van der Waals surface area contributed by atoms with Gasteiger partial charge in [-0.05, 0) is 45.4 Å². The number of aliphatic hydroxyl groups is 2. The lowest BCUT2D eigenvalue weighted by atomic mass is 9.77. The Hall–Kier alpha value is -0.340. The summed E-state index contributed by atoms with van der Waals surface area (Å²) in [6, 6.07) is 0. The second-order valence-electron chi connectivity index (χ2n) is 4.35. The van der Waals surface area contributed by atoms with E-state index in [0.717, 1.165) is 19.3 Å². The van der Waals surface area contributed by atoms with Crippen LogP contribution in [0.4, 0.5) is 0 Å². The second-order valence-corrected chi connectivity index (χ2v) is 4.35. The molecule has 2 unspecified atom stereocenters. The number of aliphatic hydroxyl groups excluding tert-OH is 1. The minimum atomic E-state index is -0.689. The fourth-order valence-corrected chi connectivity index (χ4v) is 1.96. The van der Waals surface area contributed by atoms with E-state index in [2.05, 4.69) is 13.0 Å². The van der Waals surface area contributed by atoms with Crippen LogP contribution in [0.3, 0.4) is 0 Å². The highest BCUT2D eigenvalue weighted by atomic mass is 16.3. The van der Waals surface area contributed by atoms with E-state index in [4.69, 9.17) is 5.11 Å². The molecular formula is C11H20O2. The van der Waals surface area contributed by atoms with Crippen molar-refractivity contribution in [3.05, 3.63) is 11.6 Å². The lowest BCUT2D eigenvalue weighted by Gasteiger charge is -2.34. The Bertz CT molecular complexity index is 194. The highest BCUT2D eigenvalue weighted by molar-refractivity contribution is 5.05. The smallest absolute Gasteiger partial charge is 0.0672 e. The normalized spacial score (nSPS) is 28.0. The van der Waals surface area contributed by atoms with Crippen molar-refractivity contribution in [1.29, 1.82) is 0 Å². The molecule has 0 saturated carbocycles. The minimum absolute atomic E-state index is 0.0756. The summed E-state index contributed by atoms with van der Waals surface area (Å²) in [6.45, 7) is 4.05. The van der Waals surface area contributed by atoms with Crippen molar-refractivity contribution in [2.75, 3.05) is 6.61 Å². The maximum Gasteiger partial charge on any atom is 0.0672 e. The van der Waals surface area contributed by atoms with Gasteiger partial charge in [0.05, 0.1) is 5.60 Å². The summed E-state index contributed by atoms with van der Waals surface area (Å²) in [5.74, 6) is 0.323. The summed E-state index contributed by atoms with van der Waals surface area (Å²) in [5, 5.41) is 18.8. The molecular weight excluding hydrogens is 164 g/mol. The van der Waals surface area contributed by atoms with E-state index in [0.29, 0.717) is 12.3 Å². The summed E-state index contributed by atoms with van der Waals surface area (Å²) >= 11 is 0. The van der Waals surface area contributed by atoms with Crippen LogP contribution in [-0.2, 0) is 0 Å². The van der Waals surface area contributed by atoms with E-state index in [1.807, 2.05) is 6.92 Å². The van der Waals surface area contributed by atoms with Gasteiger partial charge in [-0.25, -0.2) is 0 Å². The monoisotopic (exact) mass is 184 g/mol. The molecule has 0 bridgehead atoms. The van der Waals surface area contributed by atoms with E-state index in [1.165, 1.54) is 5.57 Å².